The van der Waals surface area contributed by atoms with Gasteiger partial charge in [-0.3, -0.25) is 14.4 Å². The van der Waals surface area contributed by atoms with E-state index in [1.165, 1.54) is 6.92 Å². The second-order valence-electron chi connectivity index (χ2n) is 8.07. The molecular weight excluding hydrogens is 428 g/mol. The van der Waals surface area contributed by atoms with Gasteiger partial charge in [0, 0.05) is 18.4 Å². The Morgan fingerprint density at radius 1 is 1.16 bits per heavy atom. The Morgan fingerprint density at radius 3 is 2.31 bits per heavy atom. The van der Waals surface area contributed by atoms with Gasteiger partial charge in [0.05, 0.1) is 17.7 Å². The van der Waals surface area contributed by atoms with E-state index in [4.69, 9.17) is 4.84 Å². The fourth-order valence-electron chi connectivity index (χ4n) is 4.75. The molecular formula is C24H32N2O5S. The minimum atomic E-state index is -0.312. The first-order chi connectivity index (χ1) is 15.1. The lowest BCUT2D eigenvalue weighted by Crippen LogP contribution is -2.26. The predicted octanol–water partition coefficient (Wildman–Crippen LogP) is 4.38. The van der Waals surface area contributed by atoms with Crippen molar-refractivity contribution in [3.63, 3.8) is 0 Å². The van der Waals surface area contributed by atoms with E-state index in [0.29, 0.717) is 24.3 Å². The Kier molecular flexibility index (Phi) is 8.66. The molecule has 1 aliphatic carbocycles. The van der Waals surface area contributed by atoms with Crippen LogP contribution in [0.15, 0.2) is 16.5 Å². The second-order valence-corrected chi connectivity index (χ2v) is 8.29. The van der Waals surface area contributed by atoms with Crippen LogP contribution in [0.25, 0.3) is 0 Å². The van der Waals surface area contributed by atoms with Gasteiger partial charge in [-0.15, -0.1) is 0 Å². The smallest absolute Gasteiger partial charge is 0.234 e. The van der Waals surface area contributed by atoms with Gasteiger partial charge in [-0.05, 0) is 74.8 Å². The van der Waals surface area contributed by atoms with Gasteiger partial charge in [-0.1, -0.05) is 24.9 Å². The number of carbonyl (C=O) groups is 3. The number of nitrogens with one attached hydrogen (secondary N) is 1. The zero-order chi connectivity index (χ0) is 24.2. The summed E-state index contributed by atoms with van der Waals surface area (Å²) in [5.41, 5.74) is 5.19. The van der Waals surface area contributed by atoms with Crippen LogP contribution in [-0.2, 0) is 20.8 Å². The van der Waals surface area contributed by atoms with Gasteiger partial charge in [0.2, 0.25) is 5.91 Å². The highest BCUT2D eigenvalue weighted by atomic mass is 32.1. The number of aliphatic hydroxyl groups is 1. The Bertz CT molecular complexity index is 1010. The summed E-state index contributed by atoms with van der Waals surface area (Å²) in [6, 6.07) is 0. The van der Waals surface area contributed by atoms with Crippen molar-refractivity contribution in [1.29, 1.82) is 0 Å². The van der Waals surface area contributed by atoms with E-state index in [1.807, 2.05) is 27.7 Å². The highest BCUT2D eigenvalue weighted by Crippen LogP contribution is 2.40. The molecule has 7 nitrogen and oxygen atoms in total. The monoisotopic (exact) mass is 460 g/mol. The van der Waals surface area contributed by atoms with Crippen LogP contribution in [0.3, 0.4) is 0 Å². The Morgan fingerprint density at radius 2 is 1.81 bits per heavy atom. The number of nitrogens with zero attached hydrogens (tertiary/aromatic N) is 1. The standard InChI is InChI=1S/C24H32N2O5S/c1-7-18(25-31-8-2)24-19(28)9-16(10-20(24)29)23-13(4)17(11-21(30)26-32)12(3)22(14(23)5)15(6)27/h16,28,32H,7-11H2,1-6H3,(H,26,30). The number of Topliss-reactive ketones (excluding diaryl/α,β-unsaturated/α-hetero) is 2. The summed E-state index contributed by atoms with van der Waals surface area (Å²) < 4.78 is 2.33. The van der Waals surface area contributed by atoms with E-state index in [1.54, 1.807) is 6.92 Å². The molecule has 32 heavy (non-hydrogen) atoms. The number of amides is 1. The molecule has 0 spiro atoms. The van der Waals surface area contributed by atoms with Crippen molar-refractivity contribution in [3.05, 3.63) is 44.7 Å². The summed E-state index contributed by atoms with van der Waals surface area (Å²) >= 11 is 3.84. The van der Waals surface area contributed by atoms with Crippen molar-refractivity contribution >= 4 is 36.0 Å². The molecule has 1 amide bonds. The van der Waals surface area contributed by atoms with Gasteiger partial charge in [-0.2, -0.15) is 0 Å². The number of aliphatic hydroxyl groups excluding tert-OH is 1. The molecule has 1 aromatic carbocycles. The molecule has 0 aliphatic heterocycles. The van der Waals surface area contributed by atoms with Crippen LogP contribution in [0.4, 0.5) is 0 Å². The number of carbonyl (C=O) groups excluding carboxylic acids is 3. The number of hydrogen-bond donors (Lipinski definition) is 3. The molecule has 1 aliphatic rings. The molecule has 0 saturated heterocycles. The first kappa shape index (κ1) is 25.6. The van der Waals surface area contributed by atoms with Crippen molar-refractivity contribution in [2.24, 2.45) is 5.16 Å². The summed E-state index contributed by atoms with van der Waals surface area (Å²) in [7, 11) is 0. The molecule has 1 unspecified atom stereocenters. The average Bonchev–Trinajstić information content (AvgIpc) is 2.72. The van der Waals surface area contributed by atoms with Crippen LogP contribution in [0, 0.1) is 20.8 Å². The fraction of sp³-hybridized carbons (Fsp3) is 0.500. The van der Waals surface area contributed by atoms with Crippen molar-refractivity contribution in [1.82, 2.24) is 4.72 Å². The predicted molar refractivity (Wildman–Crippen MR) is 127 cm³/mol. The number of thiol groups is 1. The summed E-state index contributed by atoms with van der Waals surface area (Å²) in [6.45, 7) is 11.1. The van der Waals surface area contributed by atoms with Crippen LogP contribution in [0.2, 0.25) is 0 Å². The van der Waals surface area contributed by atoms with Crippen molar-refractivity contribution in [3.8, 4) is 0 Å². The molecule has 8 heteroatoms. The van der Waals surface area contributed by atoms with Crippen LogP contribution in [0.1, 0.15) is 84.1 Å². The third kappa shape index (κ3) is 5.06. The topological polar surface area (TPSA) is 105 Å². The average molecular weight is 461 g/mol. The SMILES string of the molecule is CCON=C(CC)C1=C(O)CC(c2c(C)c(CC(=O)NS)c(C)c(C(C)=O)c2C)CC1=O. The van der Waals surface area contributed by atoms with Gasteiger partial charge in [0.15, 0.2) is 11.6 Å². The van der Waals surface area contributed by atoms with Crippen molar-refractivity contribution < 1.29 is 24.3 Å². The third-order valence-corrected chi connectivity index (χ3v) is 6.30. The lowest BCUT2D eigenvalue weighted by Gasteiger charge is -2.29. The zero-order valence-electron chi connectivity index (χ0n) is 19.6. The van der Waals surface area contributed by atoms with Gasteiger partial charge in [0.1, 0.15) is 12.4 Å². The minimum absolute atomic E-state index is 0.0232. The molecule has 0 fully saturated rings. The Hall–Kier alpha value is -2.61. The first-order valence-electron chi connectivity index (χ1n) is 10.8. The van der Waals surface area contributed by atoms with Crippen molar-refractivity contribution in [2.75, 3.05) is 6.61 Å². The maximum absolute atomic E-state index is 13.1. The van der Waals surface area contributed by atoms with Gasteiger partial charge >= 0.3 is 0 Å². The summed E-state index contributed by atoms with van der Waals surface area (Å²) in [5.74, 6) is -0.933. The maximum Gasteiger partial charge on any atom is 0.234 e. The maximum atomic E-state index is 13.1. The van der Waals surface area contributed by atoms with Crippen LogP contribution in [-0.4, -0.2) is 34.9 Å². The zero-order valence-corrected chi connectivity index (χ0v) is 20.5. The molecule has 0 saturated carbocycles. The van der Waals surface area contributed by atoms with Gasteiger partial charge < -0.3 is 14.7 Å². The van der Waals surface area contributed by atoms with Gasteiger partial charge in [0.25, 0.3) is 0 Å². The molecule has 0 heterocycles. The minimum Gasteiger partial charge on any atom is -0.511 e. The molecule has 1 aromatic rings. The molecule has 2 rings (SSSR count). The number of rotatable bonds is 8. The third-order valence-electron chi connectivity index (χ3n) is 6.05. The van der Waals surface area contributed by atoms with Crippen LogP contribution < -0.4 is 4.72 Å². The Balaban J connectivity index is 2.65. The fourth-order valence-corrected chi connectivity index (χ4v) is 4.83. The van der Waals surface area contributed by atoms with Gasteiger partial charge in [-0.25, -0.2) is 0 Å². The summed E-state index contributed by atoms with van der Waals surface area (Å²) in [6.07, 6.45) is 0.941. The normalized spacial score (nSPS) is 16.9. The van der Waals surface area contributed by atoms with E-state index in [9.17, 15) is 19.5 Å². The molecule has 0 bridgehead atoms. The number of benzene rings is 1. The van der Waals surface area contributed by atoms with E-state index in [-0.39, 0.29) is 54.0 Å². The number of hydrogen-bond acceptors (Lipinski definition) is 7. The first-order valence-corrected chi connectivity index (χ1v) is 11.2. The lowest BCUT2D eigenvalue weighted by atomic mass is 9.74. The van der Waals surface area contributed by atoms with E-state index < -0.39 is 0 Å². The lowest BCUT2D eigenvalue weighted by molar-refractivity contribution is -0.118. The molecule has 174 valence electrons. The quantitative estimate of drug-likeness (QED) is 0.231. The largest absolute Gasteiger partial charge is 0.511 e. The van der Waals surface area contributed by atoms with E-state index in [0.717, 1.165) is 27.8 Å². The highest BCUT2D eigenvalue weighted by molar-refractivity contribution is 7.78. The summed E-state index contributed by atoms with van der Waals surface area (Å²) in [4.78, 5) is 42.7. The highest BCUT2D eigenvalue weighted by Gasteiger charge is 2.34. The molecule has 0 aromatic heterocycles. The Labute approximate surface area is 194 Å². The molecule has 2 N–H and O–H groups in total. The van der Waals surface area contributed by atoms with E-state index >= 15 is 0 Å². The second kappa shape index (κ2) is 10.8. The van der Waals surface area contributed by atoms with Crippen molar-refractivity contribution in [2.45, 2.75) is 73.1 Å². The molecule has 1 atom stereocenters. The number of ketones is 2. The van der Waals surface area contributed by atoms with Crippen LogP contribution in [0.5, 0.6) is 0 Å². The summed E-state index contributed by atoms with van der Waals surface area (Å²) in [5, 5.41) is 14.8. The number of oxime groups is 1. The van der Waals surface area contributed by atoms with Crippen LogP contribution >= 0.6 is 12.8 Å². The van der Waals surface area contributed by atoms with E-state index in [2.05, 4.69) is 22.7 Å². The number of allylic oxidation sites excluding steroid dienone is 2. The molecule has 0 radical (unpaired) electrons.